The molecule has 0 aliphatic carbocycles. The SMILES string of the molecule is CCCOc1ncc(-c2cnc(NCc3c(F)ccc4c3CCO4)n3cc(C)nc23)cn1.Cc1ccc(-c2cnc(NCc3c(F)ccc4c3CCO4)n3cc(C)nc23)c(C)c1. The Balaban J connectivity index is 0.000000158. The second-order valence-electron chi connectivity index (χ2n) is 15.5. The molecule has 316 valence electrons. The maximum atomic E-state index is 14.5. The van der Waals surface area contributed by atoms with E-state index in [1.54, 1.807) is 30.7 Å². The molecule has 0 spiro atoms. The summed E-state index contributed by atoms with van der Waals surface area (Å²) >= 11 is 0. The molecule has 0 atom stereocenters. The van der Waals surface area contributed by atoms with Gasteiger partial charge in [-0.05, 0) is 69.5 Å². The highest BCUT2D eigenvalue weighted by Crippen LogP contribution is 2.34. The van der Waals surface area contributed by atoms with E-state index in [-0.39, 0.29) is 11.6 Å². The van der Waals surface area contributed by atoms with E-state index >= 15 is 0 Å². The molecule has 10 rings (SSSR count). The number of benzene rings is 3. The summed E-state index contributed by atoms with van der Waals surface area (Å²) in [6.07, 6.45) is 13.1. The van der Waals surface area contributed by atoms with Gasteiger partial charge in [0, 0.05) is 102 Å². The topological polar surface area (TPSA) is 138 Å². The molecule has 0 unspecified atom stereocenters. The molecule has 2 N–H and O–H groups in total. The van der Waals surface area contributed by atoms with Gasteiger partial charge < -0.3 is 24.8 Å². The molecule has 7 heterocycles. The van der Waals surface area contributed by atoms with E-state index in [4.69, 9.17) is 19.2 Å². The molecule has 0 radical (unpaired) electrons. The molecule has 5 aromatic heterocycles. The second-order valence-corrected chi connectivity index (χ2v) is 15.5. The van der Waals surface area contributed by atoms with Crippen molar-refractivity contribution in [1.82, 2.24) is 38.7 Å². The van der Waals surface area contributed by atoms with E-state index in [1.165, 1.54) is 23.3 Å². The van der Waals surface area contributed by atoms with Crippen molar-refractivity contribution in [2.45, 2.75) is 67.0 Å². The molecule has 15 heteroatoms. The van der Waals surface area contributed by atoms with Crippen LogP contribution in [0.15, 0.2) is 79.6 Å². The number of aryl methyl sites for hydroxylation is 4. The number of rotatable bonds is 11. The third-order valence-electron chi connectivity index (χ3n) is 11.0. The van der Waals surface area contributed by atoms with Gasteiger partial charge in [-0.25, -0.2) is 38.7 Å². The summed E-state index contributed by atoms with van der Waals surface area (Å²) in [5.74, 6) is 2.26. The van der Waals surface area contributed by atoms with E-state index in [2.05, 4.69) is 67.6 Å². The van der Waals surface area contributed by atoms with Gasteiger partial charge in [0.05, 0.1) is 31.2 Å². The monoisotopic (exact) mass is 836 g/mol. The molecule has 2 aliphatic heterocycles. The van der Waals surface area contributed by atoms with Crippen LogP contribution in [0.4, 0.5) is 20.7 Å². The normalized spacial score (nSPS) is 12.7. The van der Waals surface area contributed by atoms with E-state index < -0.39 is 0 Å². The van der Waals surface area contributed by atoms with Crippen LogP contribution in [0.3, 0.4) is 0 Å². The van der Waals surface area contributed by atoms with Crippen LogP contribution >= 0.6 is 0 Å². The molecule has 0 saturated heterocycles. The summed E-state index contributed by atoms with van der Waals surface area (Å²) in [5.41, 5.74) is 12.4. The summed E-state index contributed by atoms with van der Waals surface area (Å²) < 4.78 is 49.4. The molecule has 0 amide bonds. The third kappa shape index (κ3) is 7.93. The quantitative estimate of drug-likeness (QED) is 0.129. The van der Waals surface area contributed by atoms with Crippen molar-refractivity contribution in [3.8, 4) is 39.8 Å². The molecule has 13 nitrogen and oxygen atoms in total. The van der Waals surface area contributed by atoms with Gasteiger partial charge in [0.1, 0.15) is 34.4 Å². The van der Waals surface area contributed by atoms with E-state index in [0.29, 0.717) is 74.0 Å². The van der Waals surface area contributed by atoms with Crippen molar-refractivity contribution in [1.29, 1.82) is 0 Å². The first-order valence-electron chi connectivity index (χ1n) is 20.7. The smallest absolute Gasteiger partial charge is 0.316 e. The van der Waals surface area contributed by atoms with Crippen LogP contribution in [0.5, 0.6) is 17.5 Å². The van der Waals surface area contributed by atoms with Gasteiger partial charge >= 0.3 is 6.01 Å². The van der Waals surface area contributed by atoms with Crippen LogP contribution in [0.1, 0.15) is 58.1 Å². The number of halogens is 2. The lowest BCUT2D eigenvalue weighted by Crippen LogP contribution is -2.09. The molecule has 0 saturated carbocycles. The van der Waals surface area contributed by atoms with Gasteiger partial charge in [0.25, 0.3) is 0 Å². The zero-order valence-corrected chi connectivity index (χ0v) is 35.2. The van der Waals surface area contributed by atoms with Crippen LogP contribution in [-0.4, -0.2) is 58.5 Å². The van der Waals surface area contributed by atoms with Gasteiger partial charge in [0.15, 0.2) is 0 Å². The Morgan fingerprint density at radius 3 is 1.76 bits per heavy atom. The van der Waals surface area contributed by atoms with Gasteiger partial charge in [-0.3, -0.25) is 8.80 Å². The predicted octanol–water partition coefficient (Wildman–Crippen LogP) is 8.98. The van der Waals surface area contributed by atoms with Crippen LogP contribution < -0.4 is 24.8 Å². The molecule has 62 heavy (non-hydrogen) atoms. The summed E-state index contributed by atoms with van der Waals surface area (Å²) in [7, 11) is 0. The Bertz CT molecular complexity index is 2950. The van der Waals surface area contributed by atoms with Crippen LogP contribution in [0.25, 0.3) is 33.5 Å². The Morgan fingerprint density at radius 2 is 1.21 bits per heavy atom. The molecule has 8 aromatic rings. The molecule has 0 fully saturated rings. The van der Waals surface area contributed by atoms with Gasteiger partial charge in [-0.1, -0.05) is 30.7 Å². The summed E-state index contributed by atoms with van der Waals surface area (Å²) in [4.78, 5) is 27.2. The molecule has 2 aliphatic rings. The summed E-state index contributed by atoms with van der Waals surface area (Å²) in [6, 6.07) is 13.0. The van der Waals surface area contributed by atoms with Crippen molar-refractivity contribution in [3.05, 3.63) is 136 Å². The minimum Gasteiger partial charge on any atom is -0.493 e. The number of nitrogens with one attached hydrogen (secondary N) is 2. The summed E-state index contributed by atoms with van der Waals surface area (Å²) in [5, 5.41) is 6.57. The highest BCUT2D eigenvalue weighted by molar-refractivity contribution is 5.80. The lowest BCUT2D eigenvalue weighted by atomic mass is 10.0. The molecular weight excluding hydrogens is 791 g/mol. The van der Waals surface area contributed by atoms with E-state index in [9.17, 15) is 8.78 Å². The fourth-order valence-electron chi connectivity index (χ4n) is 8.03. The minimum atomic E-state index is -0.251. The first-order valence-corrected chi connectivity index (χ1v) is 20.7. The van der Waals surface area contributed by atoms with Gasteiger partial charge in [-0.2, -0.15) is 0 Å². The largest absolute Gasteiger partial charge is 0.493 e. The third-order valence-corrected chi connectivity index (χ3v) is 11.0. The first-order chi connectivity index (χ1) is 30.1. The highest BCUT2D eigenvalue weighted by Gasteiger charge is 2.22. The van der Waals surface area contributed by atoms with Crippen LogP contribution in [0, 0.1) is 39.3 Å². The van der Waals surface area contributed by atoms with E-state index in [0.717, 1.165) is 74.8 Å². The number of hydrogen-bond donors (Lipinski definition) is 2. The molecule has 0 bridgehead atoms. The lowest BCUT2D eigenvalue weighted by molar-refractivity contribution is 0.292. The first kappa shape index (κ1) is 40.3. The van der Waals surface area contributed by atoms with Gasteiger partial charge in [0.2, 0.25) is 11.9 Å². The van der Waals surface area contributed by atoms with Crippen LogP contribution in [-0.2, 0) is 25.9 Å². The van der Waals surface area contributed by atoms with Crippen molar-refractivity contribution >= 4 is 23.2 Å². The second kappa shape index (κ2) is 17.1. The van der Waals surface area contributed by atoms with Crippen molar-refractivity contribution in [3.63, 3.8) is 0 Å². The van der Waals surface area contributed by atoms with Crippen molar-refractivity contribution < 1.29 is 23.0 Å². The van der Waals surface area contributed by atoms with E-state index in [1.807, 2.05) is 48.2 Å². The summed E-state index contributed by atoms with van der Waals surface area (Å²) in [6.45, 7) is 12.5. The Labute approximate surface area is 357 Å². The fourth-order valence-corrected chi connectivity index (χ4v) is 8.03. The number of aromatic nitrogens is 8. The number of ether oxygens (including phenoxy) is 3. The number of imidazole rings is 2. The number of hydrogen-bond acceptors (Lipinski definition) is 11. The predicted molar refractivity (Wildman–Crippen MR) is 233 cm³/mol. The van der Waals surface area contributed by atoms with Crippen molar-refractivity contribution in [2.24, 2.45) is 0 Å². The number of fused-ring (bicyclic) bond motifs is 4. The molecule has 3 aromatic carbocycles. The zero-order chi connectivity index (χ0) is 42.9. The highest BCUT2D eigenvalue weighted by atomic mass is 19.1. The van der Waals surface area contributed by atoms with Crippen molar-refractivity contribution in [2.75, 3.05) is 30.5 Å². The Kier molecular flexibility index (Phi) is 11.1. The maximum absolute atomic E-state index is 14.5. The Hall–Kier alpha value is -7.16. The number of nitrogens with zero attached hydrogens (tertiary/aromatic N) is 8. The maximum Gasteiger partial charge on any atom is 0.316 e. The standard InChI is InChI=1S/C24H23FN4O.C23H23FN6O2/c1-14-4-5-17(15(2)10-14)20-12-27-24(29-13-16(3)28-23(20)29)26-11-19-18-8-9-30-22(18)7-6-21(19)25;1-3-7-32-23-27-9-15(10-28-23)17-11-25-22(30-13-14(2)29-21(17)30)26-12-18-16-6-8-31-20(16)5-4-19(18)24/h4-7,10,12-13H,8-9,11H2,1-3H3,(H,26,27);4-5,9-11,13H,3,6-8,12H2,1-2H3,(H,25,26). The fraction of sp³-hybridized carbons (Fsp3) is 0.277. The molecular formula is C47H46F2N10O3. The van der Waals surface area contributed by atoms with Crippen LogP contribution in [0.2, 0.25) is 0 Å². The minimum absolute atomic E-state index is 0.225. The number of anilines is 2. The Morgan fingerprint density at radius 1 is 0.661 bits per heavy atom. The lowest BCUT2D eigenvalue weighted by Gasteiger charge is -2.14. The average molecular weight is 837 g/mol. The van der Waals surface area contributed by atoms with Gasteiger partial charge in [-0.15, -0.1) is 0 Å². The zero-order valence-electron chi connectivity index (χ0n) is 35.2. The average Bonchev–Trinajstić information content (AvgIpc) is 4.09.